The first-order chi connectivity index (χ1) is 12.5. The summed E-state index contributed by atoms with van der Waals surface area (Å²) in [6.45, 7) is 11.5. The molecule has 1 aromatic carbocycles. The summed E-state index contributed by atoms with van der Waals surface area (Å²) in [5, 5.41) is 2.09. The van der Waals surface area contributed by atoms with Crippen molar-refractivity contribution in [2.24, 2.45) is 0 Å². The minimum atomic E-state index is 0.206. The SMILES string of the molecule is Cc1ccsc1CN(C)C(=O)CN1CCN(c2cccc(C)c2C)CC1. The zero-order valence-electron chi connectivity index (χ0n) is 16.3. The molecule has 140 valence electrons. The Labute approximate surface area is 161 Å². The normalized spacial score (nSPS) is 15.3. The van der Waals surface area contributed by atoms with E-state index < -0.39 is 0 Å². The highest BCUT2D eigenvalue weighted by atomic mass is 32.1. The molecule has 2 heterocycles. The maximum absolute atomic E-state index is 12.6. The zero-order chi connectivity index (χ0) is 18.7. The van der Waals surface area contributed by atoms with Crippen molar-refractivity contribution in [3.05, 3.63) is 51.2 Å². The van der Waals surface area contributed by atoms with Gasteiger partial charge in [0.25, 0.3) is 0 Å². The molecule has 0 bridgehead atoms. The predicted octanol–water partition coefficient (Wildman–Crippen LogP) is 3.45. The van der Waals surface area contributed by atoms with Crippen LogP contribution in [0.1, 0.15) is 21.6 Å². The monoisotopic (exact) mass is 371 g/mol. The van der Waals surface area contributed by atoms with Gasteiger partial charge in [-0.1, -0.05) is 12.1 Å². The Balaban J connectivity index is 1.51. The van der Waals surface area contributed by atoms with E-state index in [0.29, 0.717) is 13.1 Å². The second kappa shape index (κ2) is 8.23. The second-order valence-electron chi connectivity index (χ2n) is 7.26. The van der Waals surface area contributed by atoms with E-state index in [1.54, 1.807) is 11.3 Å². The Morgan fingerprint density at radius 3 is 2.46 bits per heavy atom. The smallest absolute Gasteiger partial charge is 0.236 e. The van der Waals surface area contributed by atoms with Gasteiger partial charge in [-0.3, -0.25) is 9.69 Å². The van der Waals surface area contributed by atoms with Crippen LogP contribution >= 0.6 is 11.3 Å². The van der Waals surface area contributed by atoms with Crippen molar-refractivity contribution >= 4 is 22.9 Å². The molecule has 1 saturated heterocycles. The van der Waals surface area contributed by atoms with Gasteiger partial charge in [0, 0.05) is 43.8 Å². The van der Waals surface area contributed by atoms with Crippen LogP contribution in [0.15, 0.2) is 29.6 Å². The molecule has 0 spiro atoms. The summed E-state index contributed by atoms with van der Waals surface area (Å²) in [6.07, 6.45) is 0. The van der Waals surface area contributed by atoms with Crippen LogP contribution in [0, 0.1) is 20.8 Å². The van der Waals surface area contributed by atoms with Crippen LogP contribution in [0.4, 0.5) is 5.69 Å². The highest BCUT2D eigenvalue weighted by molar-refractivity contribution is 7.10. The summed E-state index contributed by atoms with van der Waals surface area (Å²) in [5.41, 5.74) is 5.31. The van der Waals surface area contributed by atoms with Gasteiger partial charge in [-0.2, -0.15) is 0 Å². The second-order valence-corrected chi connectivity index (χ2v) is 8.26. The molecular formula is C21H29N3OS. The molecule has 1 aliphatic heterocycles. The predicted molar refractivity (Wildman–Crippen MR) is 110 cm³/mol. The Morgan fingerprint density at radius 1 is 1.08 bits per heavy atom. The fourth-order valence-electron chi connectivity index (χ4n) is 3.41. The van der Waals surface area contributed by atoms with Crippen LogP contribution in [-0.4, -0.2) is 55.5 Å². The largest absolute Gasteiger partial charge is 0.369 e. The minimum absolute atomic E-state index is 0.206. The van der Waals surface area contributed by atoms with Crippen molar-refractivity contribution < 1.29 is 4.79 Å². The molecule has 0 unspecified atom stereocenters. The summed E-state index contributed by atoms with van der Waals surface area (Å²) in [5.74, 6) is 0.206. The van der Waals surface area contributed by atoms with Crippen molar-refractivity contribution in [3.8, 4) is 0 Å². The van der Waals surface area contributed by atoms with Crippen LogP contribution in [0.25, 0.3) is 0 Å². The molecule has 1 amide bonds. The van der Waals surface area contributed by atoms with Gasteiger partial charge in [-0.05, 0) is 55.0 Å². The third-order valence-corrected chi connectivity index (χ3v) is 6.43. The van der Waals surface area contributed by atoms with E-state index in [1.165, 1.54) is 27.3 Å². The molecule has 26 heavy (non-hydrogen) atoms. The maximum atomic E-state index is 12.6. The maximum Gasteiger partial charge on any atom is 0.236 e. The number of carbonyl (C=O) groups excluding carboxylic acids is 1. The number of nitrogens with zero attached hydrogens (tertiary/aromatic N) is 3. The van der Waals surface area contributed by atoms with Gasteiger partial charge in [-0.25, -0.2) is 0 Å². The van der Waals surface area contributed by atoms with Crippen molar-refractivity contribution in [2.75, 3.05) is 44.7 Å². The summed E-state index contributed by atoms with van der Waals surface area (Å²) in [7, 11) is 1.91. The first-order valence-electron chi connectivity index (χ1n) is 9.26. The summed E-state index contributed by atoms with van der Waals surface area (Å²) < 4.78 is 0. The molecule has 0 aliphatic carbocycles. The number of hydrogen-bond donors (Lipinski definition) is 0. The molecule has 1 fully saturated rings. The number of amides is 1. The molecule has 1 aliphatic rings. The highest BCUT2D eigenvalue weighted by Gasteiger charge is 2.22. The summed E-state index contributed by atoms with van der Waals surface area (Å²) >= 11 is 1.73. The van der Waals surface area contributed by atoms with Crippen LogP contribution in [0.3, 0.4) is 0 Å². The van der Waals surface area contributed by atoms with Gasteiger partial charge >= 0.3 is 0 Å². The topological polar surface area (TPSA) is 26.8 Å². The molecule has 0 radical (unpaired) electrons. The number of hydrogen-bond acceptors (Lipinski definition) is 4. The van der Waals surface area contributed by atoms with E-state index in [2.05, 4.69) is 60.2 Å². The fourth-order valence-corrected chi connectivity index (χ4v) is 4.37. The lowest BCUT2D eigenvalue weighted by atomic mass is 10.1. The van der Waals surface area contributed by atoms with Crippen LogP contribution in [-0.2, 0) is 11.3 Å². The molecule has 5 heteroatoms. The standard InChI is InChI=1S/C21H29N3OS/c1-16-6-5-7-19(18(16)3)24-11-9-23(10-12-24)15-21(25)22(4)14-20-17(2)8-13-26-20/h5-8,13H,9-12,14-15H2,1-4H3. The average molecular weight is 372 g/mol. The lowest BCUT2D eigenvalue weighted by molar-refractivity contribution is -0.131. The molecule has 3 rings (SSSR count). The molecular weight excluding hydrogens is 342 g/mol. The van der Waals surface area contributed by atoms with Gasteiger partial charge in [0.15, 0.2) is 0 Å². The number of anilines is 1. The number of rotatable bonds is 5. The van der Waals surface area contributed by atoms with E-state index in [-0.39, 0.29) is 5.91 Å². The number of thiophene rings is 1. The van der Waals surface area contributed by atoms with Gasteiger partial charge < -0.3 is 9.80 Å². The summed E-state index contributed by atoms with van der Waals surface area (Å²) in [4.78, 5) is 20.4. The Kier molecular flexibility index (Phi) is 5.99. The van der Waals surface area contributed by atoms with Crippen molar-refractivity contribution in [1.29, 1.82) is 0 Å². The van der Waals surface area contributed by atoms with E-state index in [0.717, 1.165) is 26.2 Å². The lowest BCUT2D eigenvalue weighted by Crippen LogP contribution is -2.49. The van der Waals surface area contributed by atoms with Crippen LogP contribution < -0.4 is 4.90 Å². The Bertz CT molecular complexity index is 762. The first-order valence-corrected chi connectivity index (χ1v) is 10.1. The molecule has 0 N–H and O–H groups in total. The molecule has 0 atom stereocenters. The number of carbonyl (C=O) groups is 1. The zero-order valence-corrected chi connectivity index (χ0v) is 17.1. The van der Waals surface area contributed by atoms with Crippen molar-refractivity contribution in [3.63, 3.8) is 0 Å². The van der Waals surface area contributed by atoms with E-state index in [9.17, 15) is 4.79 Å². The van der Waals surface area contributed by atoms with Gasteiger partial charge in [0.2, 0.25) is 5.91 Å². The number of aryl methyl sites for hydroxylation is 2. The third-order valence-electron chi connectivity index (χ3n) is 5.42. The first kappa shape index (κ1) is 18.9. The van der Waals surface area contributed by atoms with E-state index in [4.69, 9.17) is 0 Å². The Morgan fingerprint density at radius 2 is 1.81 bits per heavy atom. The fraction of sp³-hybridized carbons (Fsp3) is 0.476. The third kappa shape index (κ3) is 4.27. The van der Waals surface area contributed by atoms with Gasteiger partial charge in [-0.15, -0.1) is 11.3 Å². The summed E-state index contributed by atoms with van der Waals surface area (Å²) in [6, 6.07) is 8.62. The number of piperazine rings is 1. The van der Waals surface area contributed by atoms with E-state index in [1.807, 2.05) is 11.9 Å². The quantitative estimate of drug-likeness (QED) is 0.805. The lowest BCUT2D eigenvalue weighted by Gasteiger charge is -2.37. The number of benzene rings is 1. The van der Waals surface area contributed by atoms with Crippen molar-refractivity contribution in [2.45, 2.75) is 27.3 Å². The Hall–Kier alpha value is -1.85. The molecule has 2 aromatic rings. The number of likely N-dealkylation sites (N-methyl/N-ethyl adjacent to an activating group) is 1. The molecule has 4 nitrogen and oxygen atoms in total. The van der Waals surface area contributed by atoms with Gasteiger partial charge in [0.05, 0.1) is 13.1 Å². The molecule has 1 aromatic heterocycles. The van der Waals surface area contributed by atoms with Crippen LogP contribution in [0.2, 0.25) is 0 Å². The van der Waals surface area contributed by atoms with Crippen LogP contribution in [0.5, 0.6) is 0 Å². The van der Waals surface area contributed by atoms with E-state index >= 15 is 0 Å². The molecule has 0 saturated carbocycles. The minimum Gasteiger partial charge on any atom is -0.369 e. The highest BCUT2D eigenvalue weighted by Crippen LogP contribution is 2.24. The van der Waals surface area contributed by atoms with Gasteiger partial charge in [0.1, 0.15) is 0 Å². The van der Waals surface area contributed by atoms with Crippen molar-refractivity contribution in [1.82, 2.24) is 9.80 Å². The average Bonchev–Trinajstić information content (AvgIpc) is 3.03.